The summed E-state index contributed by atoms with van der Waals surface area (Å²) in [4.78, 5) is 2.39. The third-order valence-corrected chi connectivity index (χ3v) is 2.37. The molecule has 6 heteroatoms. The van der Waals surface area contributed by atoms with E-state index in [1.54, 1.807) is 0 Å². The van der Waals surface area contributed by atoms with Crippen LogP contribution in [-0.2, 0) is 10.4 Å². The molecule has 0 amide bonds. The van der Waals surface area contributed by atoms with Gasteiger partial charge >= 0.3 is 10.4 Å². The third-order valence-electron chi connectivity index (χ3n) is 2.37. The van der Waals surface area contributed by atoms with E-state index in [-0.39, 0.29) is 0 Å². The number of hydrogen-bond donors (Lipinski definition) is 2. The molecular formula is C13H21NO4S. The van der Waals surface area contributed by atoms with Crippen LogP contribution in [-0.4, -0.2) is 42.1 Å². The molecule has 0 unspecified atom stereocenters. The molecule has 0 saturated carbocycles. The highest BCUT2D eigenvalue weighted by Gasteiger charge is 1.93. The van der Waals surface area contributed by atoms with E-state index in [2.05, 4.69) is 55.2 Å². The number of rotatable bonds is 5. The summed E-state index contributed by atoms with van der Waals surface area (Å²) in [5.41, 5.74) is 1.28. The van der Waals surface area contributed by atoms with Gasteiger partial charge in [0, 0.05) is 6.54 Å². The van der Waals surface area contributed by atoms with E-state index in [0.717, 1.165) is 19.6 Å². The van der Waals surface area contributed by atoms with Gasteiger partial charge in [0.05, 0.1) is 0 Å². The number of nitrogens with zero attached hydrogens (tertiary/aromatic N) is 1. The summed E-state index contributed by atoms with van der Waals surface area (Å²) in [6.07, 6.45) is 4.40. The van der Waals surface area contributed by atoms with Crippen molar-refractivity contribution < 1.29 is 17.5 Å². The van der Waals surface area contributed by atoms with Gasteiger partial charge in [-0.05, 0) is 18.7 Å². The zero-order valence-corrected chi connectivity index (χ0v) is 12.0. The average Bonchev–Trinajstić information content (AvgIpc) is 2.34. The summed E-state index contributed by atoms with van der Waals surface area (Å²) in [6, 6.07) is 10.4. The van der Waals surface area contributed by atoms with Crippen molar-refractivity contribution in [3.05, 3.63) is 42.0 Å². The largest absolute Gasteiger partial charge is 0.394 e. The summed E-state index contributed by atoms with van der Waals surface area (Å²) in [5, 5.41) is 0. The van der Waals surface area contributed by atoms with E-state index in [9.17, 15) is 0 Å². The van der Waals surface area contributed by atoms with Crippen LogP contribution in [0.4, 0.5) is 0 Å². The first kappa shape index (κ1) is 17.8. The first-order valence-electron chi connectivity index (χ1n) is 6.00. The van der Waals surface area contributed by atoms with Gasteiger partial charge in [-0.1, -0.05) is 56.3 Å². The molecule has 0 aromatic heterocycles. The zero-order chi connectivity index (χ0) is 14.7. The molecule has 0 bridgehead atoms. The maximum Gasteiger partial charge on any atom is 0.394 e. The SMILES string of the molecule is CCN(CC)C/C=C/c1ccccc1.O=S(=O)(O)O. The molecule has 1 aromatic carbocycles. The Bertz CT molecular complexity index is 445. The van der Waals surface area contributed by atoms with Crippen molar-refractivity contribution in [1.29, 1.82) is 0 Å². The van der Waals surface area contributed by atoms with E-state index in [0.29, 0.717) is 0 Å². The Hall–Kier alpha value is -1.21. The summed E-state index contributed by atoms with van der Waals surface area (Å²) >= 11 is 0. The van der Waals surface area contributed by atoms with E-state index < -0.39 is 10.4 Å². The van der Waals surface area contributed by atoms with Crippen molar-refractivity contribution in [1.82, 2.24) is 4.90 Å². The molecule has 1 rings (SSSR count). The monoisotopic (exact) mass is 287 g/mol. The molecule has 0 aliphatic heterocycles. The van der Waals surface area contributed by atoms with Crippen LogP contribution in [0.2, 0.25) is 0 Å². The minimum absolute atomic E-state index is 1.04. The maximum atomic E-state index is 8.74. The lowest BCUT2D eigenvalue weighted by Crippen LogP contribution is -2.22. The Morgan fingerprint density at radius 3 is 2.00 bits per heavy atom. The molecule has 2 N–H and O–H groups in total. The summed E-state index contributed by atoms with van der Waals surface area (Å²) in [7, 11) is -4.67. The molecule has 0 atom stereocenters. The zero-order valence-electron chi connectivity index (χ0n) is 11.2. The second-order valence-electron chi connectivity index (χ2n) is 3.75. The fourth-order valence-electron chi connectivity index (χ4n) is 1.38. The van der Waals surface area contributed by atoms with E-state index in [1.807, 2.05) is 6.07 Å². The predicted molar refractivity (Wildman–Crippen MR) is 77.4 cm³/mol. The molecule has 5 nitrogen and oxygen atoms in total. The van der Waals surface area contributed by atoms with Crippen LogP contribution in [0.3, 0.4) is 0 Å². The van der Waals surface area contributed by atoms with Gasteiger partial charge in [0.15, 0.2) is 0 Å². The minimum Gasteiger partial charge on any atom is -0.300 e. The van der Waals surface area contributed by atoms with Crippen LogP contribution in [0.5, 0.6) is 0 Å². The summed E-state index contributed by atoms with van der Waals surface area (Å²) in [6.45, 7) is 7.67. The van der Waals surface area contributed by atoms with Crippen LogP contribution < -0.4 is 0 Å². The lowest BCUT2D eigenvalue weighted by Gasteiger charge is -2.14. The second-order valence-corrected chi connectivity index (χ2v) is 4.64. The lowest BCUT2D eigenvalue weighted by molar-refractivity contribution is 0.338. The van der Waals surface area contributed by atoms with E-state index in [4.69, 9.17) is 17.5 Å². The normalized spacial score (nSPS) is 11.4. The summed E-state index contributed by atoms with van der Waals surface area (Å²) in [5.74, 6) is 0. The first-order chi connectivity index (χ1) is 8.86. The van der Waals surface area contributed by atoms with Crippen LogP contribution in [0.15, 0.2) is 36.4 Å². The molecule has 1 aromatic rings. The van der Waals surface area contributed by atoms with E-state index >= 15 is 0 Å². The Balaban J connectivity index is 0.000000555. The fraction of sp³-hybridized carbons (Fsp3) is 0.385. The molecule has 0 radical (unpaired) electrons. The van der Waals surface area contributed by atoms with Gasteiger partial charge in [0.2, 0.25) is 0 Å². The second kappa shape index (κ2) is 9.69. The van der Waals surface area contributed by atoms with Crippen LogP contribution >= 0.6 is 0 Å². The van der Waals surface area contributed by atoms with Crippen LogP contribution in [0.25, 0.3) is 6.08 Å². The molecule has 108 valence electrons. The van der Waals surface area contributed by atoms with Crippen molar-refractivity contribution in [2.24, 2.45) is 0 Å². The summed E-state index contributed by atoms with van der Waals surface area (Å²) < 4.78 is 31.6. The van der Waals surface area contributed by atoms with Crippen molar-refractivity contribution in [2.45, 2.75) is 13.8 Å². The predicted octanol–water partition coefficient (Wildman–Crippen LogP) is 2.39. The Labute approximate surface area is 115 Å². The van der Waals surface area contributed by atoms with Gasteiger partial charge in [0.1, 0.15) is 0 Å². The maximum absolute atomic E-state index is 8.74. The number of benzene rings is 1. The molecule has 0 aliphatic carbocycles. The van der Waals surface area contributed by atoms with Crippen molar-refractivity contribution >= 4 is 16.5 Å². The third kappa shape index (κ3) is 13.0. The van der Waals surface area contributed by atoms with Crippen LogP contribution in [0, 0.1) is 0 Å². The van der Waals surface area contributed by atoms with Crippen molar-refractivity contribution in [3.8, 4) is 0 Å². The highest BCUT2D eigenvalue weighted by molar-refractivity contribution is 7.79. The first-order valence-corrected chi connectivity index (χ1v) is 7.40. The van der Waals surface area contributed by atoms with Crippen LogP contribution in [0.1, 0.15) is 19.4 Å². The van der Waals surface area contributed by atoms with Gasteiger partial charge in [-0.3, -0.25) is 9.11 Å². The Morgan fingerprint density at radius 2 is 1.58 bits per heavy atom. The van der Waals surface area contributed by atoms with E-state index in [1.165, 1.54) is 5.56 Å². The van der Waals surface area contributed by atoms with Gasteiger partial charge in [-0.2, -0.15) is 8.42 Å². The van der Waals surface area contributed by atoms with Gasteiger partial charge in [0.25, 0.3) is 0 Å². The van der Waals surface area contributed by atoms with Crippen molar-refractivity contribution in [2.75, 3.05) is 19.6 Å². The molecule has 0 spiro atoms. The highest BCUT2D eigenvalue weighted by atomic mass is 32.3. The topological polar surface area (TPSA) is 77.8 Å². The van der Waals surface area contributed by atoms with Gasteiger partial charge in [-0.25, -0.2) is 0 Å². The average molecular weight is 287 g/mol. The highest BCUT2D eigenvalue weighted by Crippen LogP contribution is 2.01. The Morgan fingerprint density at radius 1 is 1.11 bits per heavy atom. The van der Waals surface area contributed by atoms with Gasteiger partial charge in [-0.15, -0.1) is 0 Å². The fourth-order valence-corrected chi connectivity index (χ4v) is 1.38. The number of hydrogen-bond acceptors (Lipinski definition) is 3. The molecule has 0 fully saturated rings. The minimum atomic E-state index is -4.67. The van der Waals surface area contributed by atoms with Gasteiger partial charge < -0.3 is 4.90 Å². The molecular weight excluding hydrogens is 266 g/mol. The molecule has 0 heterocycles. The number of likely N-dealkylation sites (N-methyl/N-ethyl adjacent to an activating group) is 1. The molecule has 19 heavy (non-hydrogen) atoms. The standard InChI is InChI=1S/C13H19N.H2O4S/c1-3-14(4-2)12-8-11-13-9-6-5-7-10-13;1-5(2,3)4/h5-11H,3-4,12H2,1-2H3;(H2,1,2,3,4)/b11-8+;. The Kier molecular flexibility index (Phi) is 9.07. The quantitative estimate of drug-likeness (QED) is 0.813. The molecule has 0 aliphatic rings. The molecule has 0 saturated heterocycles. The van der Waals surface area contributed by atoms with Crippen molar-refractivity contribution in [3.63, 3.8) is 0 Å². The lowest BCUT2D eigenvalue weighted by atomic mass is 10.2. The smallest absolute Gasteiger partial charge is 0.300 e.